The molecule has 0 radical (unpaired) electrons. The van der Waals surface area contributed by atoms with E-state index in [0.717, 1.165) is 5.92 Å². The van der Waals surface area contributed by atoms with Gasteiger partial charge in [0.1, 0.15) is 0 Å². The van der Waals surface area contributed by atoms with Gasteiger partial charge in [-0.2, -0.15) is 0 Å². The molecular weight excluding hydrogens is 352 g/mol. The molecule has 0 aromatic heterocycles. The normalized spacial score (nSPS) is 15.0. The highest BCUT2D eigenvalue weighted by Gasteiger charge is 2.25. The molecule has 0 saturated carbocycles. The number of hydrogen-bond donors (Lipinski definition) is 0. The van der Waals surface area contributed by atoms with Crippen LogP contribution in [0.4, 0.5) is 0 Å². The molecule has 0 nitrogen and oxygen atoms in total. The van der Waals surface area contributed by atoms with Gasteiger partial charge in [0, 0.05) is 0 Å². The lowest BCUT2D eigenvalue weighted by Crippen LogP contribution is -2.13. The van der Waals surface area contributed by atoms with Crippen LogP contribution in [0.25, 0.3) is 0 Å². The largest absolute Gasteiger partial charge is 0.267 e. The third-order valence-electron chi connectivity index (χ3n) is 1.79. The fraction of sp³-hybridized carbons (Fsp3) is 1.00. The Kier molecular flexibility index (Phi) is 7.09. The van der Waals surface area contributed by atoms with E-state index in [2.05, 4.69) is 59.7 Å². The van der Waals surface area contributed by atoms with Gasteiger partial charge in [0.05, 0.1) is 0 Å². The summed E-state index contributed by atoms with van der Waals surface area (Å²) in [5.41, 5.74) is 0. The van der Waals surface area contributed by atoms with Gasteiger partial charge in [0.15, 0.2) is 0 Å². The van der Waals surface area contributed by atoms with Crippen molar-refractivity contribution in [2.75, 3.05) is 0 Å². The average Bonchev–Trinajstić information content (AvgIpc) is 1.84. The average molecular weight is 367 g/mol. The first kappa shape index (κ1) is 12.7. The number of halogens is 3. The highest BCUT2D eigenvalue weighted by molar-refractivity contribution is 9.72. The summed E-state index contributed by atoms with van der Waals surface area (Å²) in [6.45, 7) is 4.52. The Balaban J connectivity index is 3.68. The van der Waals surface area contributed by atoms with E-state index in [1.807, 2.05) is 0 Å². The summed E-state index contributed by atoms with van der Waals surface area (Å²) in [7, 11) is 0. The molecule has 0 rings (SSSR count). The van der Waals surface area contributed by atoms with Gasteiger partial charge in [-0.15, -0.1) is 0 Å². The third-order valence-corrected chi connectivity index (χ3v) is 5.75. The molecule has 0 aliphatic carbocycles. The Morgan fingerprint density at radius 3 is 2.00 bits per heavy atom. The first-order valence-electron chi connectivity index (χ1n) is 4.06. The van der Waals surface area contributed by atoms with Crippen LogP contribution < -0.4 is 0 Å². The van der Waals surface area contributed by atoms with Gasteiger partial charge in [0.25, 0.3) is 3.93 Å². The van der Waals surface area contributed by atoms with Gasteiger partial charge in [-0.3, -0.25) is 0 Å². The van der Waals surface area contributed by atoms with Crippen molar-refractivity contribution in [3.63, 3.8) is 0 Å². The minimum atomic E-state index is -1.34. The molecule has 0 aliphatic heterocycles. The Bertz CT molecular complexity index is 100. The number of rotatable bonds is 5. The summed E-state index contributed by atoms with van der Waals surface area (Å²) in [5, 5.41) is 0. The third kappa shape index (κ3) is 8.00. The van der Waals surface area contributed by atoms with Crippen molar-refractivity contribution in [2.24, 2.45) is 5.92 Å². The standard InChI is InChI=1S/C7H15Br3Si/c1-3-5-7(4-2)6-11(8,9)10/h7H,3-6H2,1-2H3. The molecule has 0 aliphatic rings. The van der Waals surface area contributed by atoms with Crippen LogP contribution in [0.3, 0.4) is 0 Å². The van der Waals surface area contributed by atoms with E-state index in [0.29, 0.717) is 0 Å². The fourth-order valence-electron chi connectivity index (χ4n) is 1.19. The molecule has 0 spiro atoms. The Morgan fingerprint density at radius 2 is 1.73 bits per heavy atom. The first-order valence-corrected chi connectivity index (χ1v) is 13.0. The van der Waals surface area contributed by atoms with Crippen LogP contribution in [0.15, 0.2) is 0 Å². The maximum atomic E-state index is 3.66. The zero-order chi connectivity index (χ0) is 8.91. The molecule has 1 atom stereocenters. The van der Waals surface area contributed by atoms with E-state index < -0.39 is 3.93 Å². The fourth-order valence-corrected chi connectivity index (χ4v) is 6.45. The van der Waals surface area contributed by atoms with Gasteiger partial charge >= 0.3 is 0 Å². The highest BCUT2D eigenvalue weighted by atomic mass is 80.0. The molecule has 1 unspecified atom stereocenters. The van der Waals surface area contributed by atoms with Crippen molar-refractivity contribution in [3.8, 4) is 0 Å². The van der Waals surface area contributed by atoms with Crippen LogP contribution in [-0.4, -0.2) is 3.93 Å². The lowest BCUT2D eigenvalue weighted by Gasteiger charge is -2.17. The molecule has 0 aromatic rings. The lowest BCUT2D eigenvalue weighted by molar-refractivity contribution is 0.508. The van der Waals surface area contributed by atoms with Crippen molar-refractivity contribution in [1.29, 1.82) is 0 Å². The van der Waals surface area contributed by atoms with Crippen molar-refractivity contribution in [3.05, 3.63) is 0 Å². The maximum Gasteiger partial charge on any atom is 0.267 e. The Morgan fingerprint density at radius 1 is 1.18 bits per heavy atom. The van der Waals surface area contributed by atoms with E-state index in [1.165, 1.54) is 25.3 Å². The van der Waals surface area contributed by atoms with Crippen LogP contribution in [-0.2, 0) is 0 Å². The second kappa shape index (κ2) is 6.16. The monoisotopic (exact) mass is 364 g/mol. The summed E-state index contributed by atoms with van der Waals surface area (Å²) in [6.07, 6.45) is 3.95. The molecule has 0 amide bonds. The van der Waals surface area contributed by atoms with Crippen molar-refractivity contribution in [1.82, 2.24) is 0 Å². The summed E-state index contributed by atoms with van der Waals surface area (Å²) in [5.74, 6) is 0.879. The maximum absolute atomic E-state index is 3.66. The zero-order valence-electron chi connectivity index (χ0n) is 7.04. The summed E-state index contributed by atoms with van der Waals surface area (Å²) < 4.78 is -1.34. The van der Waals surface area contributed by atoms with Gasteiger partial charge in [0.2, 0.25) is 0 Å². The minimum absolute atomic E-state index is 0.879. The van der Waals surface area contributed by atoms with Crippen LogP contribution in [0.1, 0.15) is 33.1 Å². The predicted molar refractivity (Wildman–Crippen MR) is 66.0 cm³/mol. The van der Waals surface area contributed by atoms with E-state index >= 15 is 0 Å². The van der Waals surface area contributed by atoms with Crippen molar-refractivity contribution in [2.45, 2.75) is 39.2 Å². The lowest BCUT2D eigenvalue weighted by atomic mass is 10.0. The molecule has 0 bridgehead atoms. The predicted octanol–water partition coefficient (Wildman–Crippen LogP) is 4.94. The topological polar surface area (TPSA) is 0 Å². The van der Waals surface area contributed by atoms with Crippen molar-refractivity contribution < 1.29 is 0 Å². The smallest absolute Gasteiger partial charge is 0.0964 e. The molecule has 4 heteroatoms. The summed E-state index contributed by atoms with van der Waals surface area (Å²) in [4.78, 5) is 0. The van der Waals surface area contributed by atoms with Gasteiger partial charge in [-0.05, 0) is 12.0 Å². The number of hydrogen-bond acceptors (Lipinski definition) is 0. The Labute approximate surface area is 94.3 Å². The highest BCUT2D eigenvalue weighted by Crippen LogP contribution is 2.37. The van der Waals surface area contributed by atoms with Crippen molar-refractivity contribution >= 4 is 49.8 Å². The molecule has 0 heterocycles. The molecule has 0 aromatic carbocycles. The SMILES string of the molecule is CCCC(CC)C[Si](Br)(Br)Br. The van der Waals surface area contributed by atoms with Gasteiger partial charge < -0.3 is 0 Å². The second-order valence-electron chi connectivity index (χ2n) is 2.88. The van der Waals surface area contributed by atoms with E-state index in [9.17, 15) is 0 Å². The van der Waals surface area contributed by atoms with Gasteiger partial charge in [-0.1, -0.05) is 79.0 Å². The Hall–Kier alpha value is 1.66. The second-order valence-corrected chi connectivity index (χ2v) is 26.3. The molecular formula is C7H15Br3Si. The van der Waals surface area contributed by atoms with E-state index in [1.54, 1.807) is 0 Å². The van der Waals surface area contributed by atoms with E-state index in [-0.39, 0.29) is 0 Å². The molecule has 11 heavy (non-hydrogen) atoms. The zero-order valence-corrected chi connectivity index (χ0v) is 12.8. The van der Waals surface area contributed by atoms with Crippen LogP contribution in [0, 0.1) is 5.92 Å². The quantitative estimate of drug-likeness (QED) is 0.477. The van der Waals surface area contributed by atoms with Crippen LogP contribution >= 0.6 is 45.9 Å². The first-order chi connectivity index (χ1) is 4.99. The summed E-state index contributed by atoms with van der Waals surface area (Å²) in [6, 6.07) is 1.28. The molecule has 0 N–H and O–H groups in total. The van der Waals surface area contributed by atoms with Crippen LogP contribution in [0.2, 0.25) is 6.04 Å². The molecule has 0 fully saturated rings. The molecule has 68 valence electrons. The van der Waals surface area contributed by atoms with E-state index in [4.69, 9.17) is 0 Å². The summed E-state index contributed by atoms with van der Waals surface area (Å²) >= 11 is 11.0. The molecule has 0 saturated heterocycles. The van der Waals surface area contributed by atoms with Crippen LogP contribution in [0.5, 0.6) is 0 Å². The minimum Gasteiger partial charge on any atom is -0.0964 e. The van der Waals surface area contributed by atoms with Gasteiger partial charge in [-0.25, -0.2) is 0 Å².